The molecule has 2 saturated heterocycles. The minimum absolute atomic E-state index is 0.0671. The average molecular weight is 268 g/mol. The number of anilines is 2. The zero-order valence-corrected chi connectivity index (χ0v) is 10.7. The van der Waals surface area contributed by atoms with Gasteiger partial charge >= 0.3 is 0 Å². The van der Waals surface area contributed by atoms with Crippen LogP contribution in [0.5, 0.6) is 0 Å². The Kier molecular flexibility index (Phi) is 3.31. The normalized spacial score (nSPS) is 21.5. The third-order valence-electron chi connectivity index (χ3n) is 4.23. The number of ether oxygens (including phenoxy) is 1. The van der Waals surface area contributed by atoms with Crippen LogP contribution in [0.25, 0.3) is 0 Å². The van der Waals surface area contributed by atoms with E-state index >= 15 is 0 Å². The van der Waals surface area contributed by atoms with Crippen molar-refractivity contribution in [3.05, 3.63) is 23.8 Å². The minimum atomic E-state index is -0.567. The first-order valence-electron chi connectivity index (χ1n) is 6.72. The molecule has 1 aromatic carbocycles. The van der Waals surface area contributed by atoms with Crippen molar-refractivity contribution in [3.8, 4) is 0 Å². The van der Waals surface area contributed by atoms with Gasteiger partial charge < -0.3 is 15.4 Å². The number of hydrogen-bond donors (Lipinski definition) is 1. The molecule has 0 aromatic heterocycles. The fourth-order valence-corrected chi connectivity index (χ4v) is 3.01. The Bertz CT molecular complexity index is 446. The smallest absolute Gasteiger partial charge is 0.151 e. The Balaban J connectivity index is 1.71. The van der Waals surface area contributed by atoms with E-state index in [9.17, 15) is 8.78 Å². The average Bonchev–Trinajstić information content (AvgIpc) is 2.27. The lowest BCUT2D eigenvalue weighted by Gasteiger charge is -2.40. The highest BCUT2D eigenvalue weighted by Gasteiger charge is 2.32. The SMILES string of the molecule is Nc1cc(F)c(N2CCC(C3COC3)CC2)c(F)c1. The standard InChI is InChI=1S/C14H18F2N2O/c15-12-5-11(17)6-13(16)14(12)18-3-1-9(2-4-18)10-7-19-8-10/h5-6,9-10H,1-4,7-8,17H2. The van der Waals surface area contributed by atoms with Gasteiger partial charge in [0.2, 0.25) is 0 Å². The van der Waals surface area contributed by atoms with Crippen molar-refractivity contribution in [1.29, 1.82) is 0 Å². The van der Waals surface area contributed by atoms with Crippen molar-refractivity contribution >= 4 is 11.4 Å². The summed E-state index contributed by atoms with van der Waals surface area (Å²) in [6.07, 6.45) is 1.94. The van der Waals surface area contributed by atoms with Gasteiger partial charge in [0.15, 0.2) is 11.6 Å². The monoisotopic (exact) mass is 268 g/mol. The molecule has 0 amide bonds. The Morgan fingerprint density at radius 3 is 2.11 bits per heavy atom. The molecule has 1 aromatic rings. The van der Waals surface area contributed by atoms with Crippen LogP contribution in [0, 0.1) is 23.5 Å². The maximum atomic E-state index is 13.8. The Labute approximate surface area is 111 Å². The second-order valence-corrected chi connectivity index (χ2v) is 5.46. The molecule has 2 fully saturated rings. The fourth-order valence-electron chi connectivity index (χ4n) is 3.01. The lowest BCUT2D eigenvalue weighted by atomic mass is 9.83. The highest BCUT2D eigenvalue weighted by atomic mass is 19.1. The van der Waals surface area contributed by atoms with E-state index in [1.54, 1.807) is 4.90 Å². The minimum Gasteiger partial charge on any atom is -0.399 e. The molecule has 2 aliphatic heterocycles. The molecule has 3 rings (SSSR count). The second-order valence-electron chi connectivity index (χ2n) is 5.46. The van der Waals surface area contributed by atoms with Gasteiger partial charge in [0.05, 0.1) is 13.2 Å². The van der Waals surface area contributed by atoms with Gasteiger partial charge in [0, 0.05) is 24.7 Å². The maximum absolute atomic E-state index is 13.8. The first-order valence-corrected chi connectivity index (χ1v) is 6.72. The number of nitrogen functional groups attached to an aromatic ring is 1. The van der Waals surface area contributed by atoms with Gasteiger partial charge in [-0.05, 0) is 30.9 Å². The molecule has 2 N–H and O–H groups in total. The van der Waals surface area contributed by atoms with Crippen LogP contribution in [-0.2, 0) is 4.74 Å². The molecule has 5 heteroatoms. The second kappa shape index (κ2) is 4.96. The number of benzene rings is 1. The summed E-state index contributed by atoms with van der Waals surface area (Å²) in [5, 5.41) is 0. The van der Waals surface area contributed by atoms with Gasteiger partial charge in [-0.15, -0.1) is 0 Å². The molecular formula is C14H18F2N2O. The van der Waals surface area contributed by atoms with Gasteiger partial charge in [-0.25, -0.2) is 8.78 Å². The van der Waals surface area contributed by atoms with E-state index in [0.29, 0.717) is 24.9 Å². The van der Waals surface area contributed by atoms with Crippen LogP contribution in [0.3, 0.4) is 0 Å². The van der Waals surface area contributed by atoms with Gasteiger partial charge in [-0.1, -0.05) is 0 Å². The van der Waals surface area contributed by atoms with Crippen molar-refractivity contribution in [1.82, 2.24) is 0 Å². The highest BCUT2D eigenvalue weighted by Crippen LogP contribution is 2.34. The van der Waals surface area contributed by atoms with Crippen molar-refractivity contribution in [3.63, 3.8) is 0 Å². The molecule has 2 heterocycles. The molecule has 0 radical (unpaired) electrons. The maximum Gasteiger partial charge on any atom is 0.151 e. The summed E-state index contributed by atoms with van der Waals surface area (Å²) >= 11 is 0. The molecule has 0 bridgehead atoms. The zero-order chi connectivity index (χ0) is 13.4. The highest BCUT2D eigenvalue weighted by molar-refractivity contribution is 5.56. The lowest BCUT2D eigenvalue weighted by molar-refractivity contribution is -0.0651. The predicted molar refractivity (Wildman–Crippen MR) is 70.0 cm³/mol. The lowest BCUT2D eigenvalue weighted by Crippen LogP contribution is -2.42. The van der Waals surface area contributed by atoms with Crippen LogP contribution in [0.2, 0.25) is 0 Å². The van der Waals surface area contributed by atoms with Crippen LogP contribution < -0.4 is 10.6 Å². The van der Waals surface area contributed by atoms with E-state index in [4.69, 9.17) is 10.5 Å². The topological polar surface area (TPSA) is 38.5 Å². The molecule has 0 aliphatic carbocycles. The van der Waals surface area contributed by atoms with Crippen LogP contribution in [0.4, 0.5) is 20.2 Å². The largest absolute Gasteiger partial charge is 0.399 e. The van der Waals surface area contributed by atoms with E-state index < -0.39 is 11.6 Å². The van der Waals surface area contributed by atoms with E-state index in [2.05, 4.69) is 0 Å². The Morgan fingerprint density at radius 2 is 1.63 bits per heavy atom. The molecule has 0 unspecified atom stereocenters. The summed E-state index contributed by atoms with van der Waals surface area (Å²) in [5.74, 6) is 0.138. The Morgan fingerprint density at radius 1 is 1.05 bits per heavy atom. The summed E-state index contributed by atoms with van der Waals surface area (Å²) in [7, 11) is 0. The van der Waals surface area contributed by atoms with Crippen molar-refractivity contribution in [2.24, 2.45) is 11.8 Å². The molecule has 2 aliphatic rings. The fraction of sp³-hybridized carbons (Fsp3) is 0.571. The summed E-state index contributed by atoms with van der Waals surface area (Å²) in [4.78, 5) is 1.79. The van der Waals surface area contributed by atoms with E-state index in [1.807, 2.05) is 0 Å². The van der Waals surface area contributed by atoms with Crippen LogP contribution in [0.15, 0.2) is 12.1 Å². The van der Waals surface area contributed by atoms with Crippen molar-refractivity contribution in [2.75, 3.05) is 36.9 Å². The van der Waals surface area contributed by atoms with Gasteiger partial charge in [-0.2, -0.15) is 0 Å². The summed E-state index contributed by atoms with van der Waals surface area (Å²) in [6, 6.07) is 2.37. The third-order valence-corrected chi connectivity index (χ3v) is 4.23. The van der Waals surface area contributed by atoms with Gasteiger partial charge in [0.1, 0.15) is 5.69 Å². The van der Waals surface area contributed by atoms with Crippen LogP contribution >= 0.6 is 0 Å². The molecule has 0 atom stereocenters. The number of rotatable bonds is 2. The molecular weight excluding hydrogens is 250 g/mol. The quantitative estimate of drug-likeness (QED) is 0.837. The molecule has 3 nitrogen and oxygen atoms in total. The first-order chi connectivity index (χ1) is 9.15. The van der Waals surface area contributed by atoms with Crippen molar-refractivity contribution in [2.45, 2.75) is 12.8 Å². The number of halogens is 2. The number of nitrogens with zero attached hydrogens (tertiary/aromatic N) is 1. The third kappa shape index (κ3) is 2.39. The number of hydrogen-bond acceptors (Lipinski definition) is 3. The van der Waals surface area contributed by atoms with Crippen molar-refractivity contribution < 1.29 is 13.5 Å². The van der Waals surface area contributed by atoms with E-state index in [1.165, 1.54) is 12.1 Å². The van der Waals surface area contributed by atoms with Gasteiger partial charge in [-0.3, -0.25) is 0 Å². The number of piperidine rings is 1. The first kappa shape index (κ1) is 12.7. The Hall–Kier alpha value is -1.36. The molecule has 0 saturated carbocycles. The molecule has 0 spiro atoms. The van der Waals surface area contributed by atoms with Crippen LogP contribution in [-0.4, -0.2) is 26.3 Å². The summed E-state index contributed by atoms with van der Waals surface area (Å²) < 4.78 is 32.9. The van der Waals surface area contributed by atoms with Gasteiger partial charge in [0.25, 0.3) is 0 Å². The van der Waals surface area contributed by atoms with E-state index in [0.717, 1.165) is 26.1 Å². The molecule has 19 heavy (non-hydrogen) atoms. The zero-order valence-electron chi connectivity index (χ0n) is 10.7. The summed E-state index contributed by atoms with van der Waals surface area (Å²) in [6.45, 7) is 3.07. The summed E-state index contributed by atoms with van der Waals surface area (Å²) in [5.41, 5.74) is 5.63. The number of nitrogens with two attached hydrogens (primary N) is 1. The molecule has 104 valence electrons. The van der Waals surface area contributed by atoms with Crippen LogP contribution in [0.1, 0.15) is 12.8 Å². The predicted octanol–water partition coefficient (Wildman–Crippen LogP) is 2.41. The van der Waals surface area contributed by atoms with E-state index in [-0.39, 0.29) is 11.4 Å².